The lowest BCUT2D eigenvalue weighted by molar-refractivity contribution is 0.117. The largest absolute Gasteiger partial charge is 0.378 e. The summed E-state index contributed by atoms with van der Waals surface area (Å²) in [6.07, 6.45) is 2.50. The van der Waals surface area contributed by atoms with Crippen LogP contribution in [0.15, 0.2) is 18.2 Å². The standard InChI is InChI=1S/C16H24FNO/c1-4-7-18-16(13-9-12(3)19-10-13)15-6-5-14(17)8-11(15)2/h5-6,8,12-13,16,18H,4,7,9-10H2,1-3H3. The summed E-state index contributed by atoms with van der Waals surface area (Å²) < 4.78 is 19.0. The first-order valence-corrected chi connectivity index (χ1v) is 7.22. The maximum atomic E-state index is 13.3. The average Bonchev–Trinajstić information content (AvgIpc) is 2.78. The molecule has 0 radical (unpaired) electrons. The predicted octanol–water partition coefficient (Wildman–Crippen LogP) is 3.60. The van der Waals surface area contributed by atoms with E-state index in [-0.39, 0.29) is 11.9 Å². The van der Waals surface area contributed by atoms with E-state index in [0.29, 0.717) is 12.0 Å². The summed E-state index contributed by atoms with van der Waals surface area (Å²) in [6.45, 7) is 8.04. The number of benzene rings is 1. The molecular formula is C16H24FNO. The van der Waals surface area contributed by atoms with Gasteiger partial charge in [-0.1, -0.05) is 13.0 Å². The van der Waals surface area contributed by atoms with E-state index in [0.717, 1.165) is 31.6 Å². The van der Waals surface area contributed by atoms with Crippen LogP contribution in [0.2, 0.25) is 0 Å². The maximum absolute atomic E-state index is 13.3. The van der Waals surface area contributed by atoms with Gasteiger partial charge in [-0.05, 0) is 56.5 Å². The van der Waals surface area contributed by atoms with Crippen molar-refractivity contribution in [3.05, 3.63) is 35.1 Å². The van der Waals surface area contributed by atoms with E-state index >= 15 is 0 Å². The highest BCUT2D eigenvalue weighted by Gasteiger charge is 2.30. The average molecular weight is 265 g/mol. The quantitative estimate of drug-likeness (QED) is 0.878. The second kappa shape index (κ2) is 6.49. The number of hydrogen-bond donors (Lipinski definition) is 1. The predicted molar refractivity (Wildman–Crippen MR) is 75.7 cm³/mol. The molecule has 1 aromatic rings. The highest BCUT2D eigenvalue weighted by molar-refractivity contribution is 5.30. The summed E-state index contributed by atoms with van der Waals surface area (Å²) in [4.78, 5) is 0. The van der Waals surface area contributed by atoms with E-state index in [1.54, 1.807) is 12.1 Å². The third kappa shape index (κ3) is 3.54. The Balaban J connectivity index is 2.21. The van der Waals surface area contributed by atoms with Gasteiger partial charge in [-0.3, -0.25) is 0 Å². The van der Waals surface area contributed by atoms with Gasteiger partial charge in [0.25, 0.3) is 0 Å². The molecule has 106 valence electrons. The van der Waals surface area contributed by atoms with Crippen molar-refractivity contribution in [1.29, 1.82) is 0 Å². The Kier molecular flexibility index (Phi) is 4.94. The fourth-order valence-electron chi connectivity index (χ4n) is 2.90. The minimum Gasteiger partial charge on any atom is -0.378 e. The van der Waals surface area contributed by atoms with Crippen molar-refractivity contribution in [1.82, 2.24) is 5.32 Å². The third-order valence-corrected chi connectivity index (χ3v) is 3.88. The fourth-order valence-corrected chi connectivity index (χ4v) is 2.90. The van der Waals surface area contributed by atoms with Gasteiger partial charge in [0.1, 0.15) is 5.82 Å². The lowest BCUT2D eigenvalue weighted by Crippen LogP contribution is -2.30. The second-order valence-electron chi connectivity index (χ2n) is 5.57. The summed E-state index contributed by atoms with van der Waals surface area (Å²) >= 11 is 0. The van der Waals surface area contributed by atoms with Gasteiger partial charge in [-0.2, -0.15) is 0 Å². The highest BCUT2D eigenvalue weighted by atomic mass is 19.1. The van der Waals surface area contributed by atoms with Crippen molar-refractivity contribution in [3.8, 4) is 0 Å². The molecule has 1 heterocycles. The molecule has 3 heteroatoms. The normalized spacial score (nSPS) is 24.6. The number of ether oxygens (including phenoxy) is 1. The van der Waals surface area contributed by atoms with Crippen LogP contribution in [0.5, 0.6) is 0 Å². The number of aryl methyl sites for hydroxylation is 1. The number of rotatable bonds is 5. The monoisotopic (exact) mass is 265 g/mol. The van der Waals surface area contributed by atoms with Crippen LogP contribution in [0.25, 0.3) is 0 Å². The van der Waals surface area contributed by atoms with Gasteiger partial charge in [0.2, 0.25) is 0 Å². The molecule has 0 saturated carbocycles. The minimum absolute atomic E-state index is 0.161. The summed E-state index contributed by atoms with van der Waals surface area (Å²) in [5, 5.41) is 3.61. The molecule has 1 aliphatic rings. The summed E-state index contributed by atoms with van der Waals surface area (Å²) in [5.74, 6) is 0.317. The van der Waals surface area contributed by atoms with Crippen LogP contribution in [-0.2, 0) is 4.74 Å². The third-order valence-electron chi connectivity index (χ3n) is 3.88. The Morgan fingerprint density at radius 1 is 1.47 bits per heavy atom. The topological polar surface area (TPSA) is 21.3 Å². The first kappa shape index (κ1) is 14.5. The van der Waals surface area contributed by atoms with Crippen molar-refractivity contribution in [2.75, 3.05) is 13.2 Å². The summed E-state index contributed by atoms with van der Waals surface area (Å²) in [5.41, 5.74) is 2.23. The molecule has 1 aliphatic heterocycles. The van der Waals surface area contributed by atoms with E-state index in [2.05, 4.69) is 19.2 Å². The lowest BCUT2D eigenvalue weighted by Gasteiger charge is -2.26. The molecule has 2 nitrogen and oxygen atoms in total. The summed E-state index contributed by atoms with van der Waals surface area (Å²) in [6, 6.07) is 5.36. The van der Waals surface area contributed by atoms with Gasteiger partial charge in [0.05, 0.1) is 12.7 Å². The van der Waals surface area contributed by atoms with Gasteiger partial charge in [-0.15, -0.1) is 0 Å². The lowest BCUT2D eigenvalue weighted by atomic mass is 9.88. The van der Waals surface area contributed by atoms with Crippen LogP contribution in [0.1, 0.15) is 43.9 Å². The van der Waals surface area contributed by atoms with Crippen molar-refractivity contribution in [2.24, 2.45) is 5.92 Å². The SMILES string of the molecule is CCCNC(c1ccc(F)cc1C)C1COC(C)C1. The molecule has 0 spiro atoms. The molecule has 0 aromatic heterocycles. The number of halogens is 1. The molecule has 1 N–H and O–H groups in total. The van der Waals surface area contributed by atoms with Gasteiger partial charge in [0.15, 0.2) is 0 Å². The van der Waals surface area contributed by atoms with Crippen LogP contribution in [0.3, 0.4) is 0 Å². The van der Waals surface area contributed by atoms with Crippen molar-refractivity contribution in [3.63, 3.8) is 0 Å². The Hall–Kier alpha value is -0.930. The van der Waals surface area contributed by atoms with Gasteiger partial charge in [-0.25, -0.2) is 4.39 Å². The molecule has 0 aliphatic carbocycles. The van der Waals surface area contributed by atoms with Crippen LogP contribution >= 0.6 is 0 Å². The summed E-state index contributed by atoms with van der Waals surface area (Å²) in [7, 11) is 0. The molecular weight excluding hydrogens is 241 g/mol. The molecule has 3 atom stereocenters. The zero-order valence-electron chi connectivity index (χ0n) is 12.1. The Bertz CT molecular complexity index is 421. The number of hydrogen-bond acceptors (Lipinski definition) is 2. The minimum atomic E-state index is -0.161. The molecule has 19 heavy (non-hydrogen) atoms. The molecule has 0 amide bonds. The van der Waals surface area contributed by atoms with E-state index in [9.17, 15) is 4.39 Å². The van der Waals surface area contributed by atoms with Crippen LogP contribution in [0.4, 0.5) is 4.39 Å². The second-order valence-corrected chi connectivity index (χ2v) is 5.57. The zero-order valence-corrected chi connectivity index (χ0v) is 12.1. The van der Waals surface area contributed by atoms with E-state index < -0.39 is 0 Å². The molecule has 0 bridgehead atoms. The maximum Gasteiger partial charge on any atom is 0.123 e. The zero-order chi connectivity index (χ0) is 13.8. The number of nitrogens with one attached hydrogen (secondary N) is 1. The Morgan fingerprint density at radius 2 is 2.26 bits per heavy atom. The molecule has 1 fully saturated rings. The van der Waals surface area contributed by atoms with E-state index in [4.69, 9.17) is 4.74 Å². The van der Waals surface area contributed by atoms with Crippen LogP contribution in [-0.4, -0.2) is 19.3 Å². The van der Waals surface area contributed by atoms with Gasteiger partial charge >= 0.3 is 0 Å². The molecule has 3 unspecified atom stereocenters. The van der Waals surface area contributed by atoms with Gasteiger partial charge < -0.3 is 10.1 Å². The fraction of sp³-hybridized carbons (Fsp3) is 0.625. The molecule has 1 aromatic carbocycles. The van der Waals surface area contributed by atoms with Crippen molar-refractivity contribution in [2.45, 2.75) is 45.8 Å². The van der Waals surface area contributed by atoms with Crippen molar-refractivity contribution < 1.29 is 9.13 Å². The van der Waals surface area contributed by atoms with Crippen LogP contribution < -0.4 is 5.32 Å². The van der Waals surface area contributed by atoms with E-state index in [1.807, 2.05) is 13.0 Å². The molecule has 2 rings (SSSR count). The first-order valence-electron chi connectivity index (χ1n) is 7.22. The van der Waals surface area contributed by atoms with E-state index in [1.165, 1.54) is 5.56 Å². The van der Waals surface area contributed by atoms with Gasteiger partial charge in [0, 0.05) is 12.0 Å². The first-order chi connectivity index (χ1) is 9.11. The highest BCUT2D eigenvalue weighted by Crippen LogP contribution is 2.33. The smallest absolute Gasteiger partial charge is 0.123 e. The Morgan fingerprint density at radius 3 is 2.84 bits per heavy atom. The van der Waals surface area contributed by atoms with Crippen LogP contribution in [0, 0.1) is 18.7 Å². The Labute approximate surface area is 115 Å². The van der Waals surface area contributed by atoms with Crippen molar-refractivity contribution >= 4 is 0 Å². The molecule has 1 saturated heterocycles.